The summed E-state index contributed by atoms with van der Waals surface area (Å²) in [7, 11) is 0. The first-order chi connectivity index (χ1) is 14.0. The fourth-order valence-corrected chi connectivity index (χ4v) is 3.98. The molecule has 5 nitrogen and oxygen atoms in total. The third kappa shape index (κ3) is 4.13. The number of benzene rings is 3. The van der Waals surface area contributed by atoms with Crippen LogP contribution >= 0.6 is 34.2 Å². The number of hydrogen-bond donors (Lipinski definition) is 1. The third-order valence-electron chi connectivity index (χ3n) is 4.77. The van der Waals surface area contributed by atoms with Gasteiger partial charge in [-0.05, 0) is 88.3 Å². The van der Waals surface area contributed by atoms with Crippen molar-refractivity contribution >= 4 is 39.9 Å². The number of tetrazole rings is 1. The van der Waals surface area contributed by atoms with Gasteiger partial charge in [-0.1, -0.05) is 48.0 Å². The maximum absolute atomic E-state index is 6.57. The van der Waals surface area contributed by atoms with Crippen LogP contribution in [-0.2, 0) is 0 Å². The minimum Gasteiger partial charge on any atom is -0.371 e. The van der Waals surface area contributed by atoms with Gasteiger partial charge in [0.25, 0.3) is 0 Å². The van der Waals surface area contributed by atoms with Gasteiger partial charge in [-0.2, -0.15) is 4.68 Å². The maximum Gasteiger partial charge on any atom is 0.183 e. The average Bonchev–Trinajstić information content (AvgIpc) is 3.17. The number of halogens is 2. The normalized spacial score (nSPS) is 12.0. The van der Waals surface area contributed by atoms with E-state index in [1.807, 2.05) is 42.5 Å². The molecule has 0 bridgehead atoms. The lowest BCUT2D eigenvalue weighted by molar-refractivity contribution is 0.731. The van der Waals surface area contributed by atoms with Gasteiger partial charge in [0.2, 0.25) is 0 Å². The van der Waals surface area contributed by atoms with Gasteiger partial charge in [-0.15, -0.1) is 5.10 Å². The highest BCUT2D eigenvalue weighted by Gasteiger charge is 2.25. The first-order valence-electron chi connectivity index (χ1n) is 9.16. The highest BCUT2D eigenvalue weighted by molar-refractivity contribution is 14.1. The number of nitrogens with one attached hydrogen (secondary N) is 1. The fourth-order valence-electron chi connectivity index (χ4n) is 3.38. The van der Waals surface area contributed by atoms with Gasteiger partial charge in [-0.3, -0.25) is 0 Å². The predicted octanol–water partition coefficient (Wildman–Crippen LogP) is 5.74. The van der Waals surface area contributed by atoms with Crippen molar-refractivity contribution in [3.63, 3.8) is 0 Å². The summed E-state index contributed by atoms with van der Waals surface area (Å²) < 4.78 is 2.97. The molecule has 1 N–H and O–H groups in total. The molecule has 0 aliphatic carbocycles. The minimum atomic E-state index is -0.322. The van der Waals surface area contributed by atoms with Gasteiger partial charge in [0.15, 0.2) is 5.82 Å². The van der Waals surface area contributed by atoms with Crippen molar-refractivity contribution in [2.75, 3.05) is 5.32 Å². The van der Waals surface area contributed by atoms with Crippen molar-refractivity contribution in [3.8, 4) is 5.69 Å². The number of aryl methyl sites for hydroxylation is 2. The van der Waals surface area contributed by atoms with Crippen molar-refractivity contribution < 1.29 is 0 Å². The van der Waals surface area contributed by atoms with E-state index in [1.54, 1.807) is 4.68 Å². The third-order valence-corrected chi connectivity index (χ3v) is 5.84. The van der Waals surface area contributed by atoms with E-state index in [-0.39, 0.29) is 6.04 Å². The summed E-state index contributed by atoms with van der Waals surface area (Å²) in [6, 6.07) is 21.8. The number of anilines is 1. The van der Waals surface area contributed by atoms with Crippen LogP contribution in [0.5, 0.6) is 0 Å². The summed E-state index contributed by atoms with van der Waals surface area (Å²) in [6.45, 7) is 4.12. The van der Waals surface area contributed by atoms with Gasteiger partial charge in [-0.25, -0.2) is 0 Å². The van der Waals surface area contributed by atoms with E-state index in [9.17, 15) is 0 Å². The number of rotatable bonds is 5. The molecule has 146 valence electrons. The first kappa shape index (κ1) is 19.8. The number of para-hydroxylation sites is 1. The lowest BCUT2D eigenvalue weighted by Crippen LogP contribution is -2.19. The topological polar surface area (TPSA) is 55.6 Å². The highest BCUT2D eigenvalue weighted by atomic mass is 127. The van der Waals surface area contributed by atoms with Crippen LogP contribution in [0.4, 0.5) is 5.69 Å². The van der Waals surface area contributed by atoms with Gasteiger partial charge >= 0.3 is 0 Å². The van der Waals surface area contributed by atoms with Gasteiger partial charge in [0.05, 0.1) is 5.69 Å². The van der Waals surface area contributed by atoms with Crippen LogP contribution < -0.4 is 5.32 Å². The molecule has 29 heavy (non-hydrogen) atoms. The van der Waals surface area contributed by atoms with E-state index in [2.05, 4.69) is 81.5 Å². The fraction of sp³-hybridized carbons (Fsp3) is 0.136. The zero-order valence-electron chi connectivity index (χ0n) is 16.0. The summed E-state index contributed by atoms with van der Waals surface area (Å²) in [5, 5.41) is 16.9. The zero-order chi connectivity index (χ0) is 20.4. The minimum absolute atomic E-state index is 0.322. The van der Waals surface area contributed by atoms with Gasteiger partial charge < -0.3 is 5.32 Å². The lowest BCUT2D eigenvalue weighted by atomic mass is 10.0. The SMILES string of the molecule is Cc1cccc(C)c1-n1nnnc1C(Nc1ccc(I)cc1)c1ccccc1Cl. The van der Waals surface area contributed by atoms with Gasteiger partial charge in [0.1, 0.15) is 6.04 Å². The summed E-state index contributed by atoms with van der Waals surface area (Å²) in [5.74, 6) is 0.675. The Morgan fingerprint density at radius 1 is 0.931 bits per heavy atom. The molecule has 4 aromatic rings. The molecule has 7 heteroatoms. The molecule has 1 atom stereocenters. The van der Waals surface area contributed by atoms with Gasteiger partial charge in [0, 0.05) is 19.8 Å². The second-order valence-electron chi connectivity index (χ2n) is 6.80. The largest absolute Gasteiger partial charge is 0.371 e. The predicted molar refractivity (Wildman–Crippen MR) is 125 cm³/mol. The highest BCUT2D eigenvalue weighted by Crippen LogP contribution is 2.32. The van der Waals surface area contributed by atoms with Crippen LogP contribution in [0, 0.1) is 17.4 Å². The van der Waals surface area contributed by atoms with Crippen LogP contribution in [0.3, 0.4) is 0 Å². The van der Waals surface area contributed by atoms with Crippen molar-refractivity contribution in [1.29, 1.82) is 0 Å². The van der Waals surface area contributed by atoms with E-state index in [4.69, 9.17) is 11.6 Å². The van der Waals surface area contributed by atoms with Crippen molar-refractivity contribution in [3.05, 3.63) is 97.8 Å². The molecule has 0 amide bonds. The molecule has 0 saturated heterocycles. The summed E-state index contributed by atoms with van der Waals surface area (Å²) in [6.07, 6.45) is 0. The second-order valence-corrected chi connectivity index (χ2v) is 8.45. The molecule has 0 fully saturated rings. The van der Waals surface area contributed by atoms with Crippen LogP contribution in [-0.4, -0.2) is 20.2 Å². The van der Waals surface area contributed by atoms with E-state index in [0.29, 0.717) is 10.8 Å². The van der Waals surface area contributed by atoms with Crippen molar-refractivity contribution in [1.82, 2.24) is 20.2 Å². The molecule has 4 rings (SSSR count). The molecular formula is C22H19ClIN5. The Hall–Kier alpha value is -2.45. The van der Waals surface area contributed by atoms with Crippen LogP contribution in [0.25, 0.3) is 5.69 Å². The standard InChI is InChI=1S/C22H19ClIN5/c1-14-6-5-7-15(2)21(14)29-22(26-27-28-29)20(18-8-3-4-9-19(18)23)25-17-12-10-16(24)11-13-17/h3-13,20,25H,1-2H3. The molecule has 0 radical (unpaired) electrons. The maximum atomic E-state index is 6.57. The van der Waals surface area contributed by atoms with E-state index in [1.165, 1.54) is 3.57 Å². The van der Waals surface area contributed by atoms with Crippen molar-refractivity contribution in [2.45, 2.75) is 19.9 Å². The molecule has 0 saturated carbocycles. The Balaban J connectivity index is 1.86. The first-order valence-corrected chi connectivity index (χ1v) is 10.6. The smallest absolute Gasteiger partial charge is 0.183 e. The molecule has 1 unspecified atom stereocenters. The van der Waals surface area contributed by atoms with E-state index in [0.717, 1.165) is 28.1 Å². The Morgan fingerprint density at radius 2 is 1.62 bits per heavy atom. The Bertz CT molecular complexity index is 1120. The van der Waals surface area contributed by atoms with Crippen LogP contribution in [0.15, 0.2) is 66.7 Å². The Morgan fingerprint density at radius 3 is 2.31 bits per heavy atom. The monoisotopic (exact) mass is 515 g/mol. The molecule has 0 aliphatic rings. The molecule has 3 aromatic carbocycles. The van der Waals surface area contributed by atoms with Crippen LogP contribution in [0.2, 0.25) is 5.02 Å². The number of hydrogen-bond acceptors (Lipinski definition) is 4. The molecular weight excluding hydrogens is 497 g/mol. The summed E-state index contributed by atoms with van der Waals surface area (Å²) in [5.41, 5.74) is 5.06. The zero-order valence-corrected chi connectivity index (χ0v) is 18.9. The average molecular weight is 516 g/mol. The molecule has 0 aliphatic heterocycles. The summed E-state index contributed by atoms with van der Waals surface area (Å²) in [4.78, 5) is 0. The summed E-state index contributed by atoms with van der Waals surface area (Å²) >= 11 is 8.86. The van der Waals surface area contributed by atoms with E-state index < -0.39 is 0 Å². The molecule has 0 spiro atoms. The lowest BCUT2D eigenvalue weighted by Gasteiger charge is -2.22. The number of nitrogens with zero attached hydrogens (tertiary/aromatic N) is 4. The van der Waals surface area contributed by atoms with Crippen LogP contribution in [0.1, 0.15) is 28.6 Å². The number of aromatic nitrogens is 4. The van der Waals surface area contributed by atoms with Crippen molar-refractivity contribution in [2.24, 2.45) is 0 Å². The molecule has 1 aromatic heterocycles. The van der Waals surface area contributed by atoms with E-state index >= 15 is 0 Å². The Kier molecular flexibility index (Phi) is 5.82. The molecule has 1 heterocycles. The second kappa shape index (κ2) is 8.51. The Labute approximate surface area is 188 Å². The quantitative estimate of drug-likeness (QED) is 0.345.